The molecule has 0 saturated carbocycles. The van der Waals surface area contributed by atoms with Crippen molar-refractivity contribution in [3.8, 4) is 0 Å². The van der Waals surface area contributed by atoms with E-state index < -0.39 is 0 Å². The minimum atomic E-state index is 0.304. The molecule has 0 aromatic carbocycles. The van der Waals surface area contributed by atoms with Crippen LogP contribution in [0.3, 0.4) is 0 Å². The van der Waals surface area contributed by atoms with Crippen LogP contribution in [0.25, 0.3) is 0 Å². The Bertz CT molecular complexity index is 268. The van der Waals surface area contributed by atoms with Gasteiger partial charge in [0.2, 0.25) is 0 Å². The summed E-state index contributed by atoms with van der Waals surface area (Å²) >= 11 is 5.80. The lowest BCUT2D eigenvalue weighted by atomic mass is 9.83. The molecule has 1 aliphatic rings. The molecule has 100 valence electrons. The zero-order valence-corrected chi connectivity index (χ0v) is 12.6. The predicted molar refractivity (Wildman–Crippen MR) is 76.5 cm³/mol. The Balaban J connectivity index is 2.75. The third kappa shape index (κ3) is 4.27. The first-order chi connectivity index (χ1) is 7.88. The number of nitrogens with zero attached hydrogens (tertiary/aromatic N) is 1. The van der Waals surface area contributed by atoms with Crippen LogP contribution in [-0.4, -0.2) is 36.6 Å². The lowest BCUT2D eigenvalue weighted by Crippen LogP contribution is -2.60. The Labute approximate surface area is 111 Å². The maximum absolute atomic E-state index is 5.80. The van der Waals surface area contributed by atoms with Gasteiger partial charge >= 0.3 is 0 Å². The zero-order valence-electron chi connectivity index (χ0n) is 11.9. The number of piperazine rings is 1. The fraction of sp³-hybridized carbons (Fsp3) is 0.857. The Morgan fingerprint density at radius 3 is 2.59 bits per heavy atom. The molecule has 0 radical (unpaired) electrons. The van der Waals surface area contributed by atoms with E-state index >= 15 is 0 Å². The molecule has 1 aliphatic heterocycles. The molecule has 2 unspecified atom stereocenters. The lowest BCUT2D eigenvalue weighted by Gasteiger charge is -2.46. The number of rotatable bonds is 3. The maximum atomic E-state index is 5.80. The molecular formula is C14H27ClN2. The van der Waals surface area contributed by atoms with E-state index in [0.717, 1.165) is 19.6 Å². The zero-order chi connectivity index (χ0) is 13.1. The average molecular weight is 259 g/mol. The Hall–Kier alpha value is -0.0500. The summed E-state index contributed by atoms with van der Waals surface area (Å²) in [6.45, 7) is 14.5. The minimum Gasteiger partial charge on any atom is -0.311 e. The summed E-state index contributed by atoms with van der Waals surface area (Å²) in [5.74, 6) is 0. The third-order valence-corrected chi connectivity index (χ3v) is 4.00. The van der Waals surface area contributed by atoms with E-state index in [1.165, 1.54) is 12.0 Å². The molecule has 0 aromatic rings. The van der Waals surface area contributed by atoms with E-state index in [-0.39, 0.29) is 0 Å². The van der Waals surface area contributed by atoms with Crippen LogP contribution in [-0.2, 0) is 0 Å². The van der Waals surface area contributed by atoms with Crippen LogP contribution < -0.4 is 5.32 Å². The van der Waals surface area contributed by atoms with E-state index in [9.17, 15) is 0 Å². The van der Waals surface area contributed by atoms with Crippen LogP contribution in [0, 0.1) is 5.41 Å². The van der Waals surface area contributed by atoms with E-state index in [4.69, 9.17) is 11.6 Å². The Morgan fingerprint density at radius 1 is 1.47 bits per heavy atom. The molecule has 0 aromatic heterocycles. The number of halogens is 1. The van der Waals surface area contributed by atoms with E-state index in [2.05, 4.69) is 44.8 Å². The van der Waals surface area contributed by atoms with Gasteiger partial charge in [-0.25, -0.2) is 0 Å². The van der Waals surface area contributed by atoms with Crippen molar-refractivity contribution >= 4 is 11.6 Å². The fourth-order valence-corrected chi connectivity index (χ4v) is 2.61. The second-order valence-corrected chi connectivity index (χ2v) is 6.50. The first-order valence-electron chi connectivity index (χ1n) is 6.61. The van der Waals surface area contributed by atoms with Crippen molar-refractivity contribution in [1.82, 2.24) is 10.2 Å². The molecule has 17 heavy (non-hydrogen) atoms. The van der Waals surface area contributed by atoms with Crippen molar-refractivity contribution in [2.75, 3.05) is 19.6 Å². The van der Waals surface area contributed by atoms with Crippen LogP contribution in [0.5, 0.6) is 0 Å². The van der Waals surface area contributed by atoms with E-state index in [1.54, 1.807) is 5.54 Å². The van der Waals surface area contributed by atoms with Gasteiger partial charge in [-0.3, -0.25) is 4.90 Å². The third-order valence-electron chi connectivity index (χ3n) is 3.63. The van der Waals surface area contributed by atoms with Crippen LogP contribution in [0.15, 0.2) is 11.1 Å². The highest BCUT2D eigenvalue weighted by Gasteiger charge is 2.34. The molecule has 1 N–H and O–H groups in total. The number of hydrogen-bond acceptors (Lipinski definition) is 2. The minimum absolute atomic E-state index is 0.304. The fourth-order valence-electron chi connectivity index (χ4n) is 2.54. The molecule has 0 spiro atoms. The maximum Gasteiger partial charge on any atom is 0.0273 e. The van der Waals surface area contributed by atoms with Gasteiger partial charge in [0.25, 0.3) is 0 Å². The topological polar surface area (TPSA) is 15.3 Å². The average Bonchev–Trinajstić information content (AvgIpc) is 2.27. The highest BCUT2D eigenvalue weighted by Crippen LogP contribution is 2.27. The smallest absolute Gasteiger partial charge is 0.0273 e. The van der Waals surface area contributed by atoms with Gasteiger partial charge in [-0.05, 0) is 24.3 Å². The molecule has 3 heteroatoms. The second kappa shape index (κ2) is 6.21. The molecule has 1 rings (SSSR count). The quantitative estimate of drug-likeness (QED) is 0.836. The van der Waals surface area contributed by atoms with E-state index in [0.29, 0.717) is 17.5 Å². The molecule has 0 bridgehead atoms. The van der Waals surface area contributed by atoms with Crippen molar-refractivity contribution in [3.63, 3.8) is 0 Å². The first-order valence-corrected chi connectivity index (χ1v) is 7.05. The summed E-state index contributed by atoms with van der Waals surface area (Å²) < 4.78 is 0. The highest BCUT2D eigenvalue weighted by atomic mass is 35.5. The molecule has 1 heterocycles. The van der Waals surface area contributed by atoms with Gasteiger partial charge in [-0.2, -0.15) is 0 Å². The molecule has 2 atom stereocenters. The largest absolute Gasteiger partial charge is 0.311 e. The summed E-state index contributed by atoms with van der Waals surface area (Å²) in [4.78, 5) is 2.58. The SMILES string of the molecule is CCC1CN(CC(C)=CCl)C(C(C)(C)C)CN1. The number of nitrogens with one attached hydrogen (secondary N) is 1. The van der Waals surface area contributed by atoms with Crippen LogP contribution >= 0.6 is 11.6 Å². The van der Waals surface area contributed by atoms with Gasteiger partial charge in [0.1, 0.15) is 0 Å². The van der Waals surface area contributed by atoms with Crippen molar-refractivity contribution < 1.29 is 0 Å². The van der Waals surface area contributed by atoms with Crippen molar-refractivity contribution in [2.45, 2.75) is 53.1 Å². The molecule has 1 saturated heterocycles. The van der Waals surface area contributed by atoms with Crippen LogP contribution in [0.4, 0.5) is 0 Å². The van der Waals surface area contributed by atoms with Gasteiger partial charge in [0.15, 0.2) is 0 Å². The first kappa shape index (κ1) is 15.0. The van der Waals surface area contributed by atoms with Gasteiger partial charge in [0, 0.05) is 37.3 Å². The standard InChI is InChI=1S/C14H27ClN2/c1-6-12-10-17(9-11(2)7-15)13(8-16-12)14(3,4)5/h7,12-13,16H,6,8-10H2,1-5H3. The summed E-state index contributed by atoms with van der Waals surface area (Å²) in [7, 11) is 0. The van der Waals surface area contributed by atoms with Crippen LogP contribution in [0.1, 0.15) is 41.0 Å². The van der Waals surface area contributed by atoms with Crippen molar-refractivity contribution in [1.29, 1.82) is 0 Å². The molecule has 0 amide bonds. The molecule has 2 nitrogen and oxygen atoms in total. The lowest BCUT2D eigenvalue weighted by molar-refractivity contribution is 0.0630. The molecule has 0 aliphatic carbocycles. The van der Waals surface area contributed by atoms with Gasteiger partial charge < -0.3 is 5.32 Å². The summed E-state index contributed by atoms with van der Waals surface area (Å²) in [5.41, 5.74) is 3.26. The Kier molecular flexibility index (Phi) is 5.49. The summed E-state index contributed by atoms with van der Waals surface area (Å²) in [6.07, 6.45) is 1.19. The van der Waals surface area contributed by atoms with Crippen LogP contribution in [0.2, 0.25) is 0 Å². The highest BCUT2D eigenvalue weighted by molar-refractivity contribution is 6.25. The normalized spacial score (nSPS) is 28.5. The summed E-state index contributed by atoms with van der Waals surface area (Å²) in [5, 5.41) is 3.65. The predicted octanol–water partition coefficient (Wildman–Crippen LogP) is 3.23. The van der Waals surface area contributed by atoms with Gasteiger partial charge in [-0.15, -0.1) is 0 Å². The molecule has 1 fully saturated rings. The monoisotopic (exact) mass is 258 g/mol. The number of hydrogen-bond donors (Lipinski definition) is 1. The molecular weight excluding hydrogens is 232 g/mol. The van der Waals surface area contributed by atoms with Crippen molar-refractivity contribution in [2.24, 2.45) is 5.41 Å². The van der Waals surface area contributed by atoms with E-state index in [1.807, 2.05) is 0 Å². The van der Waals surface area contributed by atoms with Gasteiger partial charge in [-0.1, -0.05) is 39.3 Å². The Morgan fingerprint density at radius 2 is 2.12 bits per heavy atom. The second-order valence-electron chi connectivity index (χ2n) is 6.28. The van der Waals surface area contributed by atoms with Gasteiger partial charge in [0.05, 0.1) is 0 Å². The summed E-state index contributed by atoms with van der Waals surface area (Å²) in [6, 6.07) is 1.20. The van der Waals surface area contributed by atoms with Crippen molar-refractivity contribution in [3.05, 3.63) is 11.1 Å².